The van der Waals surface area contributed by atoms with Crippen LogP contribution in [0.2, 0.25) is 0 Å². The zero-order chi connectivity index (χ0) is 26.8. The second-order valence-electron chi connectivity index (χ2n) is 10.4. The van der Waals surface area contributed by atoms with Crippen molar-refractivity contribution in [2.75, 3.05) is 5.90 Å². The lowest BCUT2D eigenvalue weighted by Gasteiger charge is -2.37. The van der Waals surface area contributed by atoms with Gasteiger partial charge in [0.15, 0.2) is 0 Å². The zero-order valence-electron chi connectivity index (χ0n) is 22.3. The minimum absolute atomic E-state index is 0.294. The highest BCUT2D eigenvalue weighted by atomic mass is 31.2. The van der Waals surface area contributed by atoms with E-state index in [-0.39, 0.29) is 0 Å². The van der Waals surface area contributed by atoms with Crippen LogP contribution in [0.1, 0.15) is 16.8 Å². The molecule has 1 aliphatic rings. The van der Waals surface area contributed by atoms with Gasteiger partial charge in [-0.2, -0.15) is 0 Å². The van der Waals surface area contributed by atoms with E-state index in [2.05, 4.69) is 170 Å². The second-order valence-corrected chi connectivity index (χ2v) is 16.7. The Morgan fingerprint density at radius 1 is 0.400 bits per heavy atom. The highest BCUT2D eigenvalue weighted by molar-refractivity contribution is 7.98. The van der Waals surface area contributed by atoms with Crippen LogP contribution in [-0.4, -0.2) is 5.90 Å². The lowest BCUT2D eigenvalue weighted by atomic mass is 10.1. The Balaban J connectivity index is 1.56. The van der Waals surface area contributed by atoms with Gasteiger partial charge in [0.25, 0.3) is 0 Å². The molecule has 2 heteroatoms. The Morgan fingerprint density at radius 2 is 0.750 bits per heavy atom. The fourth-order valence-corrected chi connectivity index (χ4v) is 16.6. The van der Waals surface area contributed by atoms with E-state index in [1.54, 1.807) is 0 Å². The molecule has 0 fully saturated rings. The highest BCUT2D eigenvalue weighted by Crippen LogP contribution is 2.76. The lowest BCUT2D eigenvalue weighted by molar-refractivity contribution is 1.19. The van der Waals surface area contributed by atoms with Crippen molar-refractivity contribution in [2.24, 2.45) is 0 Å². The number of benzene rings is 6. The molecule has 0 heterocycles. The molecular formula is C38H31P2+. The number of rotatable bonds is 7. The maximum absolute atomic E-state index is 2.41. The van der Waals surface area contributed by atoms with Crippen LogP contribution in [0.5, 0.6) is 0 Å². The topological polar surface area (TPSA) is 0 Å². The predicted octanol–water partition coefficient (Wildman–Crippen LogP) is 8.52. The van der Waals surface area contributed by atoms with Crippen LogP contribution >= 0.6 is 15.2 Å². The summed E-state index contributed by atoms with van der Waals surface area (Å²) in [6, 6.07) is 63.8. The van der Waals surface area contributed by atoms with Gasteiger partial charge in [-0.05, 0) is 53.9 Å². The summed E-state index contributed by atoms with van der Waals surface area (Å²) in [5, 5.41) is 5.85. The highest BCUT2D eigenvalue weighted by Gasteiger charge is 2.56. The van der Waals surface area contributed by atoms with E-state index in [0.717, 1.165) is 5.90 Å². The van der Waals surface area contributed by atoms with Gasteiger partial charge in [0.05, 0.1) is 13.2 Å². The summed E-state index contributed by atoms with van der Waals surface area (Å²) < 4.78 is 0. The van der Waals surface area contributed by atoms with Gasteiger partial charge in [0, 0.05) is 11.1 Å². The molecule has 6 aromatic rings. The van der Waals surface area contributed by atoms with E-state index < -0.39 is 15.2 Å². The molecule has 0 nitrogen and oxygen atoms in total. The van der Waals surface area contributed by atoms with Crippen molar-refractivity contribution >= 4 is 36.4 Å². The second kappa shape index (κ2) is 11.0. The minimum Gasteiger partial charge on any atom is -0.0622 e. The molecule has 40 heavy (non-hydrogen) atoms. The van der Waals surface area contributed by atoms with E-state index in [4.69, 9.17) is 0 Å². The largest absolute Gasteiger partial charge is 0.130 e. The van der Waals surface area contributed by atoms with Crippen molar-refractivity contribution in [3.8, 4) is 11.1 Å². The molecule has 7 rings (SSSR count). The third-order valence-electron chi connectivity index (χ3n) is 8.18. The average molecular weight is 550 g/mol. The van der Waals surface area contributed by atoms with Gasteiger partial charge in [-0.1, -0.05) is 146 Å². The molecule has 0 aromatic heterocycles. The van der Waals surface area contributed by atoms with Crippen LogP contribution in [-0.2, 0) is 0 Å². The SMILES string of the molecule is c1ccc(P(C[P+](c2ccccc2)(c2ccccc2)C2c3ccccc3-c3ccccc32)c2ccccc2)cc1. The monoisotopic (exact) mass is 549 g/mol. The molecule has 0 atom stereocenters. The van der Waals surface area contributed by atoms with Crippen LogP contribution in [0, 0.1) is 0 Å². The molecule has 0 saturated carbocycles. The summed E-state index contributed by atoms with van der Waals surface area (Å²) in [5.41, 5.74) is 6.02. The zero-order valence-corrected chi connectivity index (χ0v) is 24.1. The molecule has 0 saturated heterocycles. The van der Waals surface area contributed by atoms with Gasteiger partial charge >= 0.3 is 0 Å². The molecule has 0 radical (unpaired) electrons. The predicted molar refractivity (Wildman–Crippen MR) is 177 cm³/mol. The quantitative estimate of drug-likeness (QED) is 0.175. The average Bonchev–Trinajstić information content (AvgIpc) is 3.38. The van der Waals surface area contributed by atoms with E-state index >= 15 is 0 Å². The summed E-state index contributed by atoms with van der Waals surface area (Å²) in [7, 11) is -2.70. The molecule has 1 aliphatic carbocycles. The van der Waals surface area contributed by atoms with Crippen LogP contribution in [0.15, 0.2) is 170 Å². The first-order chi connectivity index (χ1) is 19.9. The third-order valence-corrected chi connectivity index (χ3v) is 16.8. The van der Waals surface area contributed by atoms with Crippen molar-refractivity contribution in [2.45, 2.75) is 5.66 Å². The molecule has 0 N–H and O–H groups in total. The van der Waals surface area contributed by atoms with Crippen molar-refractivity contribution in [3.05, 3.63) is 181 Å². The molecule has 0 amide bonds. The van der Waals surface area contributed by atoms with Crippen molar-refractivity contribution < 1.29 is 0 Å². The molecule has 0 bridgehead atoms. The molecule has 6 aromatic carbocycles. The van der Waals surface area contributed by atoms with Crippen LogP contribution in [0.3, 0.4) is 0 Å². The Labute approximate surface area is 239 Å². The first-order valence-corrected chi connectivity index (χ1v) is 17.5. The standard InChI is InChI=1S/C38H31P2/c1-5-17-30(18-6-1)39(31-19-7-2-8-20-31)29-40(32-21-9-3-10-22-32,33-23-11-4-12-24-33)38-36-27-15-13-25-34(36)35-26-14-16-28-37(35)38/h1-28,38H,29H2/q+1. The molecular weight excluding hydrogens is 518 g/mol. The number of fused-ring (bicyclic) bond motifs is 3. The number of hydrogen-bond donors (Lipinski definition) is 0. The van der Waals surface area contributed by atoms with Crippen molar-refractivity contribution in [1.29, 1.82) is 0 Å². The summed E-state index contributed by atoms with van der Waals surface area (Å²) in [4.78, 5) is 0. The van der Waals surface area contributed by atoms with Gasteiger partial charge in [-0.25, -0.2) is 0 Å². The first kappa shape index (κ1) is 25.2. The van der Waals surface area contributed by atoms with E-state index in [1.807, 2.05) is 0 Å². The van der Waals surface area contributed by atoms with Crippen LogP contribution in [0.25, 0.3) is 11.1 Å². The van der Waals surface area contributed by atoms with E-state index in [1.165, 1.54) is 43.5 Å². The van der Waals surface area contributed by atoms with E-state index in [0.29, 0.717) is 5.66 Å². The van der Waals surface area contributed by atoms with Crippen molar-refractivity contribution in [3.63, 3.8) is 0 Å². The smallest absolute Gasteiger partial charge is 0.0622 e. The first-order valence-electron chi connectivity index (χ1n) is 13.9. The molecule has 192 valence electrons. The fraction of sp³-hybridized carbons (Fsp3) is 0.0526. The Kier molecular flexibility index (Phi) is 6.91. The summed E-state index contributed by atoms with van der Waals surface area (Å²) in [6.45, 7) is 0. The Hall–Kier alpha value is -3.82. The minimum atomic E-state index is -2.07. The lowest BCUT2D eigenvalue weighted by Crippen LogP contribution is -2.31. The van der Waals surface area contributed by atoms with Gasteiger partial charge in [0.2, 0.25) is 0 Å². The Morgan fingerprint density at radius 3 is 1.18 bits per heavy atom. The molecule has 0 spiro atoms. The normalized spacial score (nSPS) is 12.7. The van der Waals surface area contributed by atoms with E-state index in [9.17, 15) is 0 Å². The fourth-order valence-electron chi connectivity index (χ4n) is 6.44. The van der Waals surface area contributed by atoms with Gasteiger partial charge in [-0.3, -0.25) is 0 Å². The van der Waals surface area contributed by atoms with Crippen LogP contribution < -0.4 is 21.2 Å². The summed E-state index contributed by atoms with van der Waals surface area (Å²) in [5.74, 6) is 1.11. The van der Waals surface area contributed by atoms with Gasteiger partial charge in [-0.15, -0.1) is 0 Å². The maximum Gasteiger partial charge on any atom is 0.130 e. The van der Waals surface area contributed by atoms with Gasteiger partial charge in [0.1, 0.15) is 16.3 Å². The Bertz CT molecular complexity index is 1590. The maximum atomic E-state index is 2.41. The van der Waals surface area contributed by atoms with Crippen LogP contribution in [0.4, 0.5) is 0 Å². The number of hydrogen-bond acceptors (Lipinski definition) is 0. The molecule has 0 unspecified atom stereocenters. The molecule has 0 aliphatic heterocycles. The van der Waals surface area contributed by atoms with Gasteiger partial charge < -0.3 is 0 Å². The summed E-state index contributed by atoms with van der Waals surface area (Å²) in [6.07, 6.45) is 0. The summed E-state index contributed by atoms with van der Waals surface area (Å²) >= 11 is 0. The third kappa shape index (κ3) is 4.33. The van der Waals surface area contributed by atoms with Crippen molar-refractivity contribution in [1.82, 2.24) is 0 Å².